The summed E-state index contributed by atoms with van der Waals surface area (Å²) in [7, 11) is -3.61. The number of aromatic nitrogens is 2. The van der Waals surface area contributed by atoms with Gasteiger partial charge >= 0.3 is 0 Å². The summed E-state index contributed by atoms with van der Waals surface area (Å²) in [5.41, 5.74) is 5.92. The summed E-state index contributed by atoms with van der Waals surface area (Å²) in [6.45, 7) is 2.08. The highest BCUT2D eigenvalue weighted by Crippen LogP contribution is 2.31. The third-order valence-electron chi connectivity index (χ3n) is 4.21. The lowest BCUT2D eigenvalue weighted by molar-refractivity contribution is 0.0209. The van der Waals surface area contributed by atoms with E-state index in [1.165, 1.54) is 10.5 Å². The molecule has 0 saturated carbocycles. The number of hydrogen-bond acceptors (Lipinski definition) is 5. The highest BCUT2D eigenvalue weighted by Gasteiger charge is 2.32. The maximum atomic E-state index is 12.9. The van der Waals surface area contributed by atoms with E-state index in [1.807, 2.05) is 0 Å². The van der Waals surface area contributed by atoms with Crippen molar-refractivity contribution in [2.75, 3.05) is 26.2 Å². The summed E-state index contributed by atoms with van der Waals surface area (Å²) in [6, 6.07) is 1.59. The number of H-pyrrole nitrogens is 1. The Hall–Kier alpha value is -0.900. The van der Waals surface area contributed by atoms with Crippen LogP contribution in [0.4, 0.5) is 0 Å². The van der Waals surface area contributed by atoms with Crippen LogP contribution in [0.2, 0.25) is 5.02 Å². The number of sulfonamides is 1. The summed E-state index contributed by atoms with van der Waals surface area (Å²) in [5, 5.41) is 0.820. The van der Waals surface area contributed by atoms with E-state index in [9.17, 15) is 8.42 Å². The Kier molecular flexibility index (Phi) is 7.07. The van der Waals surface area contributed by atoms with Crippen LogP contribution in [0.5, 0.6) is 0 Å². The monoisotopic (exact) mass is 408 g/mol. The molecule has 1 fully saturated rings. The molecule has 0 spiro atoms. The molecule has 3 N–H and O–H groups in total. The number of nitrogens with zero attached hydrogens (tertiary/aromatic N) is 2. The maximum Gasteiger partial charge on any atom is 0.245 e. The van der Waals surface area contributed by atoms with Crippen molar-refractivity contribution in [2.45, 2.75) is 30.3 Å². The van der Waals surface area contributed by atoms with Crippen LogP contribution in [0, 0.1) is 0 Å². The van der Waals surface area contributed by atoms with E-state index in [-0.39, 0.29) is 23.4 Å². The molecule has 0 aliphatic carbocycles. The third kappa shape index (κ3) is 4.27. The predicted molar refractivity (Wildman–Crippen MR) is 99.8 cm³/mol. The number of fused-ring (bicyclic) bond motifs is 1. The Morgan fingerprint density at radius 3 is 2.80 bits per heavy atom. The smallest absolute Gasteiger partial charge is 0.245 e. The van der Waals surface area contributed by atoms with Crippen LogP contribution < -0.4 is 5.73 Å². The van der Waals surface area contributed by atoms with Crippen molar-refractivity contribution in [2.24, 2.45) is 5.73 Å². The molecular weight excluding hydrogens is 387 g/mol. The minimum Gasteiger partial charge on any atom is -0.378 e. The minimum absolute atomic E-state index is 0. The quantitative estimate of drug-likeness (QED) is 0.712. The van der Waals surface area contributed by atoms with Gasteiger partial charge < -0.3 is 15.5 Å². The number of piperidine rings is 1. The molecule has 2 aromatic heterocycles. The fourth-order valence-electron chi connectivity index (χ4n) is 2.90. The average molecular weight is 409 g/mol. The van der Waals surface area contributed by atoms with E-state index in [1.54, 1.807) is 12.3 Å². The van der Waals surface area contributed by atoms with Gasteiger partial charge in [-0.2, -0.15) is 4.31 Å². The van der Waals surface area contributed by atoms with E-state index in [4.69, 9.17) is 22.1 Å². The summed E-state index contributed by atoms with van der Waals surface area (Å²) in [5.74, 6) is 0. The van der Waals surface area contributed by atoms with E-state index in [0.717, 1.165) is 6.42 Å². The second-order valence-electron chi connectivity index (χ2n) is 5.79. The molecule has 1 saturated heterocycles. The molecule has 0 aromatic carbocycles. The molecule has 10 heteroatoms. The SMILES string of the molecule is Cl.NCCCOC1CCN(S(=O)(=O)c2c[nH]c3nccc(Cl)c23)CC1. The fraction of sp³-hybridized carbons (Fsp3) is 0.533. The molecule has 140 valence electrons. The van der Waals surface area contributed by atoms with Crippen LogP contribution in [-0.2, 0) is 14.8 Å². The van der Waals surface area contributed by atoms with Crippen LogP contribution in [0.25, 0.3) is 11.0 Å². The molecule has 0 radical (unpaired) electrons. The number of nitrogens with two attached hydrogens (primary N) is 1. The Bertz CT molecular complexity index is 804. The van der Waals surface area contributed by atoms with Crippen LogP contribution in [0.15, 0.2) is 23.4 Å². The summed E-state index contributed by atoms with van der Waals surface area (Å²) in [4.78, 5) is 7.18. The zero-order chi connectivity index (χ0) is 17.2. The molecule has 1 aliphatic heterocycles. The first-order valence-corrected chi connectivity index (χ1v) is 9.79. The van der Waals surface area contributed by atoms with Crippen molar-refractivity contribution in [3.05, 3.63) is 23.5 Å². The Labute approximate surface area is 158 Å². The molecule has 3 heterocycles. The van der Waals surface area contributed by atoms with Crippen molar-refractivity contribution in [1.29, 1.82) is 0 Å². The highest BCUT2D eigenvalue weighted by atomic mass is 35.5. The molecule has 0 unspecified atom stereocenters. The normalized spacial score (nSPS) is 16.9. The first kappa shape index (κ1) is 20.4. The number of pyridine rings is 1. The zero-order valence-electron chi connectivity index (χ0n) is 13.7. The molecular formula is C15H22Cl2N4O3S. The maximum absolute atomic E-state index is 12.9. The van der Waals surface area contributed by atoms with Crippen molar-refractivity contribution < 1.29 is 13.2 Å². The minimum atomic E-state index is -3.61. The second kappa shape index (κ2) is 8.66. The number of halogens is 2. The first-order valence-electron chi connectivity index (χ1n) is 7.97. The van der Waals surface area contributed by atoms with Gasteiger partial charge in [0.1, 0.15) is 10.5 Å². The topological polar surface area (TPSA) is 101 Å². The van der Waals surface area contributed by atoms with E-state index >= 15 is 0 Å². The molecule has 0 amide bonds. The van der Waals surface area contributed by atoms with Gasteiger partial charge in [0, 0.05) is 32.1 Å². The molecule has 3 rings (SSSR count). The second-order valence-corrected chi connectivity index (χ2v) is 8.10. The molecule has 2 aromatic rings. The lowest BCUT2D eigenvalue weighted by Crippen LogP contribution is -2.40. The standard InChI is InChI=1S/C15H21ClN4O3S.ClH/c16-12-2-6-18-15-14(12)13(10-19-15)24(21,22)20-7-3-11(4-8-20)23-9-1-5-17;/h2,6,10-11H,1,3-5,7-9,17H2,(H,18,19);1H. The van der Waals surface area contributed by atoms with Gasteiger partial charge in [-0.25, -0.2) is 13.4 Å². The van der Waals surface area contributed by atoms with Crippen LogP contribution in [0.1, 0.15) is 19.3 Å². The summed E-state index contributed by atoms with van der Waals surface area (Å²) in [6.07, 6.45) is 5.27. The van der Waals surface area contributed by atoms with Crippen molar-refractivity contribution >= 4 is 45.1 Å². The fourth-order valence-corrected chi connectivity index (χ4v) is 4.85. The lowest BCUT2D eigenvalue weighted by Gasteiger charge is -2.31. The van der Waals surface area contributed by atoms with Crippen LogP contribution in [0.3, 0.4) is 0 Å². The van der Waals surface area contributed by atoms with Crippen LogP contribution >= 0.6 is 24.0 Å². The number of hydrogen-bond donors (Lipinski definition) is 2. The number of ether oxygens (including phenoxy) is 1. The third-order valence-corrected chi connectivity index (χ3v) is 6.45. The number of rotatable bonds is 6. The van der Waals surface area contributed by atoms with Crippen LogP contribution in [-0.4, -0.2) is 55.0 Å². The molecule has 0 bridgehead atoms. The van der Waals surface area contributed by atoms with Gasteiger partial charge in [0.25, 0.3) is 0 Å². The summed E-state index contributed by atoms with van der Waals surface area (Å²) >= 11 is 6.17. The first-order chi connectivity index (χ1) is 11.5. The van der Waals surface area contributed by atoms with E-state index < -0.39 is 10.0 Å². The van der Waals surface area contributed by atoms with E-state index in [2.05, 4.69) is 9.97 Å². The van der Waals surface area contributed by atoms with Gasteiger partial charge in [-0.15, -0.1) is 12.4 Å². The van der Waals surface area contributed by atoms with Crippen molar-refractivity contribution in [1.82, 2.24) is 14.3 Å². The van der Waals surface area contributed by atoms with Gasteiger partial charge in [0.15, 0.2) is 0 Å². The number of aromatic amines is 1. The van der Waals surface area contributed by atoms with Gasteiger partial charge in [-0.3, -0.25) is 0 Å². The zero-order valence-corrected chi connectivity index (χ0v) is 16.0. The Morgan fingerprint density at radius 2 is 2.12 bits per heavy atom. The Balaban J connectivity index is 0.00000225. The largest absolute Gasteiger partial charge is 0.378 e. The predicted octanol–water partition coefficient (Wildman–Crippen LogP) is 2.16. The number of nitrogens with one attached hydrogen (secondary N) is 1. The lowest BCUT2D eigenvalue weighted by atomic mass is 10.1. The van der Waals surface area contributed by atoms with Gasteiger partial charge in [-0.1, -0.05) is 11.6 Å². The summed E-state index contributed by atoms with van der Waals surface area (Å²) < 4.78 is 33.1. The average Bonchev–Trinajstić information content (AvgIpc) is 3.02. The molecule has 0 atom stereocenters. The van der Waals surface area contributed by atoms with Crippen molar-refractivity contribution in [3.8, 4) is 0 Å². The highest BCUT2D eigenvalue weighted by molar-refractivity contribution is 7.89. The van der Waals surface area contributed by atoms with Gasteiger partial charge in [0.2, 0.25) is 10.0 Å². The Morgan fingerprint density at radius 1 is 1.40 bits per heavy atom. The molecule has 25 heavy (non-hydrogen) atoms. The van der Waals surface area contributed by atoms with Crippen molar-refractivity contribution in [3.63, 3.8) is 0 Å². The van der Waals surface area contributed by atoms with Gasteiger partial charge in [-0.05, 0) is 31.9 Å². The molecule has 7 nitrogen and oxygen atoms in total. The van der Waals surface area contributed by atoms with Gasteiger partial charge in [0.05, 0.1) is 16.5 Å². The van der Waals surface area contributed by atoms with E-state index in [0.29, 0.717) is 55.1 Å². The molecule has 1 aliphatic rings.